The van der Waals surface area contributed by atoms with Crippen molar-refractivity contribution in [3.8, 4) is 0 Å². The lowest BCUT2D eigenvalue weighted by Gasteiger charge is -2.14. The number of hydrogen-bond donors (Lipinski definition) is 2. The summed E-state index contributed by atoms with van der Waals surface area (Å²) in [6, 6.07) is 2.20. The normalized spacial score (nSPS) is 12.0. The first-order valence-corrected chi connectivity index (χ1v) is 7.31. The van der Waals surface area contributed by atoms with Gasteiger partial charge in [0.1, 0.15) is 5.82 Å². The second-order valence-corrected chi connectivity index (χ2v) is 5.32. The van der Waals surface area contributed by atoms with E-state index < -0.39 is 23.7 Å². The van der Waals surface area contributed by atoms with Gasteiger partial charge in [0.05, 0.1) is 16.8 Å². The van der Waals surface area contributed by atoms with E-state index >= 15 is 0 Å². The van der Waals surface area contributed by atoms with Crippen LogP contribution < -0.4 is 5.32 Å². The standard InChI is InChI=1S/C15H15ClFN3O3/c1-2-5-20-8-10(7-18-20)14(21)19-13(15(22)23)9-3-4-11(16)12(17)6-9/h3-4,6-8,13H,2,5H2,1H3,(H,19,21)(H,22,23)/t13-/m1/s1. The van der Waals surface area contributed by atoms with Gasteiger partial charge < -0.3 is 10.4 Å². The number of rotatable bonds is 6. The lowest BCUT2D eigenvalue weighted by Crippen LogP contribution is -2.33. The van der Waals surface area contributed by atoms with E-state index in [1.165, 1.54) is 24.5 Å². The Morgan fingerprint density at radius 1 is 1.48 bits per heavy atom. The van der Waals surface area contributed by atoms with Gasteiger partial charge in [-0.3, -0.25) is 9.48 Å². The van der Waals surface area contributed by atoms with Crippen molar-refractivity contribution in [2.45, 2.75) is 25.9 Å². The molecule has 1 amide bonds. The van der Waals surface area contributed by atoms with Crippen molar-refractivity contribution in [1.29, 1.82) is 0 Å². The number of halogens is 2. The van der Waals surface area contributed by atoms with E-state index in [0.717, 1.165) is 12.5 Å². The quantitative estimate of drug-likeness (QED) is 0.847. The Morgan fingerprint density at radius 3 is 2.83 bits per heavy atom. The van der Waals surface area contributed by atoms with Gasteiger partial charge in [0.25, 0.3) is 5.91 Å². The predicted octanol–water partition coefficient (Wildman–Crippen LogP) is 2.64. The van der Waals surface area contributed by atoms with Crippen LogP contribution in [-0.4, -0.2) is 26.8 Å². The molecule has 0 bridgehead atoms. The van der Waals surface area contributed by atoms with Crippen molar-refractivity contribution in [2.24, 2.45) is 0 Å². The van der Waals surface area contributed by atoms with E-state index in [9.17, 15) is 19.1 Å². The number of hydrogen-bond acceptors (Lipinski definition) is 3. The number of aryl methyl sites for hydroxylation is 1. The van der Waals surface area contributed by atoms with Crippen LogP contribution in [0.3, 0.4) is 0 Å². The summed E-state index contributed by atoms with van der Waals surface area (Å²) in [6.07, 6.45) is 3.73. The second kappa shape index (κ2) is 7.23. The molecular weight excluding hydrogens is 325 g/mol. The molecule has 0 fully saturated rings. The van der Waals surface area contributed by atoms with Gasteiger partial charge in [0, 0.05) is 12.7 Å². The van der Waals surface area contributed by atoms with E-state index in [4.69, 9.17) is 11.6 Å². The van der Waals surface area contributed by atoms with Crippen molar-refractivity contribution in [3.63, 3.8) is 0 Å². The highest BCUT2D eigenvalue weighted by Crippen LogP contribution is 2.21. The largest absolute Gasteiger partial charge is 0.479 e. The minimum atomic E-state index is -1.39. The van der Waals surface area contributed by atoms with Gasteiger partial charge in [-0.15, -0.1) is 0 Å². The highest BCUT2D eigenvalue weighted by atomic mass is 35.5. The molecule has 122 valence electrons. The maximum absolute atomic E-state index is 13.5. The molecular formula is C15H15ClFN3O3. The molecule has 0 spiro atoms. The predicted molar refractivity (Wildman–Crippen MR) is 81.8 cm³/mol. The van der Waals surface area contributed by atoms with E-state index in [0.29, 0.717) is 6.54 Å². The van der Waals surface area contributed by atoms with Gasteiger partial charge >= 0.3 is 5.97 Å². The Kier molecular flexibility index (Phi) is 5.33. The van der Waals surface area contributed by atoms with Gasteiger partial charge in [-0.2, -0.15) is 5.10 Å². The smallest absolute Gasteiger partial charge is 0.330 e. The van der Waals surface area contributed by atoms with Gasteiger partial charge in [-0.25, -0.2) is 9.18 Å². The van der Waals surface area contributed by atoms with Crippen LogP contribution >= 0.6 is 11.6 Å². The second-order valence-electron chi connectivity index (χ2n) is 4.91. The van der Waals surface area contributed by atoms with Crippen LogP contribution in [0.2, 0.25) is 5.02 Å². The first-order valence-electron chi connectivity index (χ1n) is 6.93. The van der Waals surface area contributed by atoms with Crippen LogP contribution in [0, 0.1) is 5.82 Å². The fourth-order valence-corrected chi connectivity index (χ4v) is 2.14. The number of carboxylic acid groups (broad SMARTS) is 1. The first-order chi connectivity index (χ1) is 10.9. The number of carbonyl (C=O) groups is 2. The van der Waals surface area contributed by atoms with Gasteiger partial charge in [-0.05, 0) is 24.1 Å². The molecule has 0 saturated heterocycles. The topological polar surface area (TPSA) is 84.2 Å². The number of aliphatic carboxylic acids is 1. The van der Waals surface area contributed by atoms with Crippen molar-refractivity contribution in [3.05, 3.63) is 52.6 Å². The lowest BCUT2D eigenvalue weighted by atomic mass is 10.1. The third-order valence-corrected chi connectivity index (χ3v) is 3.45. The lowest BCUT2D eigenvalue weighted by molar-refractivity contribution is -0.139. The van der Waals surface area contributed by atoms with Gasteiger partial charge in [0.2, 0.25) is 0 Å². The Balaban J connectivity index is 2.19. The molecule has 23 heavy (non-hydrogen) atoms. The molecule has 2 rings (SSSR count). The Hall–Kier alpha value is -2.41. The molecule has 2 aromatic rings. The molecule has 2 N–H and O–H groups in total. The van der Waals surface area contributed by atoms with Crippen LogP contribution in [-0.2, 0) is 11.3 Å². The maximum atomic E-state index is 13.5. The molecule has 0 radical (unpaired) electrons. The molecule has 8 heteroatoms. The van der Waals surface area contributed by atoms with Crippen molar-refractivity contribution < 1.29 is 19.1 Å². The van der Waals surface area contributed by atoms with Crippen LogP contribution in [0.15, 0.2) is 30.6 Å². The van der Waals surface area contributed by atoms with Gasteiger partial charge in [0.15, 0.2) is 6.04 Å². The molecule has 1 atom stereocenters. The summed E-state index contributed by atoms with van der Waals surface area (Å²) in [5, 5.41) is 15.5. The zero-order valence-corrected chi connectivity index (χ0v) is 13.0. The Bertz CT molecular complexity index is 733. The number of carboxylic acids is 1. The van der Waals surface area contributed by atoms with E-state index in [-0.39, 0.29) is 16.1 Å². The van der Waals surface area contributed by atoms with E-state index in [1.807, 2.05) is 6.92 Å². The number of benzene rings is 1. The molecule has 0 aliphatic heterocycles. The minimum Gasteiger partial charge on any atom is -0.479 e. The third kappa shape index (κ3) is 4.07. The summed E-state index contributed by atoms with van der Waals surface area (Å²) < 4.78 is 15.1. The minimum absolute atomic E-state index is 0.0914. The highest BCUT2D eigenvalue weighted by Gasteiger charge is 2.24. The molecule has 1 aromatic carbocycles. The van der Waals surface area contributed by atoms with Crippen LogP contribution in [0.5, 0.6) is 0 Å². The summed E-state index contributed by atoms with van der Waals surface area (Å²) in [7, 11) is 0. The summed E-state index contributed by atoms with van der Waals surface area (Å²) in [4.78, 5) is 23.5. The molecule has 1 aromatic heterocycles. The molecule has 0 aliphatic rings. The molecule has 0 aliphatic carbocycles. The van der Waals surface area contributed by atoms with Crippen molar-refractivity contribution in [1.82, 2.24) is 15.1 Å². The summed E-state index contributed by atoms with van der Waals surface area (Å²) in [6.45, 7) is 2.62. The number of nitrogens with zero attached hydrogens (tertiary/aromatic N) is 2. The fraction of sp³-hybridized carbons (Fsp3) is 0.267. The van der Waals surface area contributed by atoms with E-state index in [1.54, 1.807) is 4.68 Å². The summed E-state index contributed by atoms with van der Waals surface area (Å²) in [5.74, 6) is -2.66. The molecule has 1 heterocycles. The van der Waals surface area contributed by atoms with Crippen LogP contribution in [0.4, 0.5) is 4.39 Å². The Labute approximate surface area is 136 Å². The number of nitrogens with one attached hydrogen (secondary N) is 1. The first kappa shape index (κ1) is 17.0. The Morgan fingerprint density at radius 2 is 2.22 bits per heavy atom. The highest BCUT2D eigenvalue weighted by molar-refractivity contribution is 6.30. The zero-order valence-electron chi connectivity index (χ0n) is 12.3. The molecule has 6 nitrogen and oxygen atoms in total. The van der Waals surface area contributed by atoms with E-state index in [2.05, 4.69) is 10.4 Å². The average molecular weight is 340 g/mol. The van der Waals surface area contributed by atoms with Crippen molar-refractivity contribution >= 4 is 23.5 Å². The third-order valence-electron chi connectivity index (χ3n) is 3.15. The number of carbonyl (C=O) groups excluding carboxylic acids is 1. The van der Waals surface area contributed by atoms with Crippen molar-refractivity contribution in [2.75, 3.05) is 0 Å². The number of amides is 1. The average Bonchev–Trinajstić information content (AvgIpc) is 2.96. The zero-order chi connectivity index (χ0) is 17.0. The monoisotopic (exact) mass is 339 g/mol. The SMILES string of the molecule is CCCn1cc(C(=O)N[C@@H](C(=O)O)c2ccc(Cl)c(F)c2)cn1. The summed E-state index contributed by atoms with van der Waals surface area (Å²) in [5.41, 5.74) is 0.327. The summed E-state index contributed by atoms with van der Waals surface area (Å²) >= 11 is 5.58. The van der Waals surface area contributed by atoms with Crippen LogP contribution in [0.25, 0.3) is 0 Å². The molecule has 0 unspecified atom stereocenters. The van der Waals surface area contributed by atoms with Gasteiger partial charge in [-0.1, -0.05) is 24.6 Å². The number of aromatic nitrogens is 2. The molecule has 0 saturated carbocycles. The van der Waals surface area contributed by atoms with Crippen LogP contribution in [0.1, 0.15) is 35.3 Å². The maximum Gasteiger partial charge on any atom is 0.330 e. The fourth-order valence-electron chi connectivity index (χ4n) is 2.03.